The molecule has 1 unspecified atom stereocenters. The van der Waals surface area contributed by atoms with Gasteiger partial charge in [-0.3, -0.25) is 4.79 Å². The highest BCUT2D eigenvalue weighted by Gasteiger charge is 2.29. The van der Waals surface area contributed by atoms with Crippen LogP contribution >= 0.6 is 11.6 Å². The van der Waals surface area contributed by atoms with Gasteiger partial charge in [-0.25, -0.2) is 0 Å². The average molecular weight is 235 g/mol. The van der Waals surface area contributed by atoms with Crippen molar-refractivity contribution >= 4 is 17.5 Å². The minimum atomic E-state index is -0.302. The van der Waals surface area contributed by atoms with Crippen molar-refractivity contribution in [2.45, 2.75) is 18.9 Å². The first-order chi connectivity index (χ1) is 7.74. The number of hydrogen-bond acceptors (Lipinski definition) is 2. The zero-order valence-corrected chi connectivity index (χ0v) is 9.44. The van der Waals surface area contributed by atoms with Crippen LogP contribution in [0.25, 0.3) is 0 Å². The fraction of sp³-hybridized carbons (Fsp3) is 0.333. The lowest BCUT2D eigenvalue weighted by molar-refractivity contribution is 0.0765. The van der Waals surface area contributed by atoms with Crippen molar-refractivity contribution in [3.8, 4) is 6.07 Å². The molecule has 1 heterocycles. The van der Waals surface area contributed by atoms with Gasteiger partial charge in [0.1, 0.15) is 6.04 Å². The van der Waals surface area contributed by atoms with Gasteiger partial charge in [-0.1, -0.05) is 23.7 Å². The third-order valence-corrected chi connectivity index (χ3v) is 3.10. The van der Waals surface area contributed by atoms with Crippen LogP contribution in [0.3, 0.4) is 0 Å². The van der Waals surface area contributed by atoms with E-state index in [2.05, 4.69) is 6.07 Å². The maximum Gasteiger partial charge on any atom is 0.256 e. The summed E-state index contributed by atoms with van der Waals surface area (Å²) in [6.07, 6.45) is 1.64. The summed E-state index contributed by atoms with van der Waals surface area (Å²) >= 11 is 5.96. The van der Waals surface area contributed by atoms with Crippen LogP contribution in [0, 0.1) is 11.3 Å². The van der Waals surface area contributed by atoms with Gasteiger partial charge < -0.3 is 4.90 Å². The van der Waals surface area contributed by atoms with E-state index in [-0.39, 0.29) is 11.9 Å². The van der Waals surface area contributed by atoms with Crippen LogP contribution in [0.2, 0.25) is 5.02 Å². The average Bonchev–Trinajstić information content (AvgIpc) is 2.77. The Morgan fingerprint density at radius 2 is 2.25 bits per heavy atom. The van der Waals surface area contributed by atoms with Crippen LogP contribution in [-0.4, -0.2) is 23.4 Å². The number of benzene rings is 1. The molecule has 82 valence electrons. The SMILES string of the molecule is N#CC1CCCN1C(=O)c1ccccc1Cl. The quantitative estimate of drug-likeness (QED) is 0.749. The molecular weight excluding hydrogens is 224 g/mol. The molecule has 3 nitrogen and oxygen atoms in total. The third kappa shape index (κ3) is 1.89. The molecule has 1 amide bonds. The molecule has 1 aromatic carbocycles. The summed E-state index contributed by atoms with van der Waals surface area (Å²) < 4.78 is 0. The van der Waals surface area contributed by atoms with Crippen molar-refractivity contribution in [1.82, 2.24) is 4.90 Å². The van der Waals surface area contributed by atoms with Gasteiger partial charge in [0.15, 0.2) is 0 Å². The Balaban J connectivity index is 2.26. The van der Waals surface area contributed by atoms with Gasteiger partial charge >= 0.3 is 0 Å². The second-order valence-electron chi connectivity index (χ2n) is 3.77. The number of hydrogen-bond donors (Lipinski definition) is 0. The summed E-state index contributed by atoms with van der Waals surface area (Å²) in [6, 6.07) is 8.78. The van der Waals surface area contributed by atoms with Gasteiger partial charge in [-0.05, 0) is 25.0 Å². The van der Waals surface area contributed by atoms with E-state index in [0.29, 0.717) is 17.1 Å². The minimum absolute atomic E-state index is 0.144. The van der Waals surface area contributed by atoms with Crippen LogP contribution < -0.4 is 0 Å². The number of rotatable bonds is 1. The minimum Gasteiger partial charge on any atom is -0.323 e. The maximum atomic E-state index is 12.1. The largest absolute Gasteiger partial charge is 0.323 e. The highest BCUT2D eigenvalue weighted by molar-refractivity contribution is 6.33. The first kappa shape index (κ1) is 11.0. The van der Waals surface area contributed by atoms with Crippen LogP contribution in [0.1, 0.15) is 23.2 Å². The Kier molecular flexibility index (Phi) is 3.12. The van der Waals surface area contributed by atoms with Crippen molar-refractivity contribution in [1.29, 1.82) is 5.26 Å². The van der Waals surface area contributed by atoms with Crippen molar-refractivity contribution < 1.29 is 4.79 Å². The number of halogens is 1. The van der Waals surface area contributed by atoms with Crippen LogP contribution in [0.4, 0.5) is 0 Å². The van der Waals surface area contributed by atoms with Crippen molar-refractivity contribution in [2.24, 2.45) is 0 Å². The molecule has 1 saturated heterocycles. The van der Waals surface area contributed by atoms with E-state index in [1.165, 1.54) is 0 Å². The van der Waals surface area contributed by atoms with Gasteiger partial charge in [0.25, 0.3) is 5.91 Å². The van der Waals surface area contributed by atoms with Crippen molar-refractivity contribution in [2.75, 3.05) is 6.54 Å². The topological polar surface area (TPSA) is 44.1 Å². The summed E-state index contributed by atoms with van der Waals surface area (Å²) in [4.78, 5) is 13.7. The normalized spacial score (nSPS) is 19.5. The van der Waals surface area contributed by atoms with Crippen LogP contribution in [0.15, 0.2) is 24.3 Å². The first-order valence-corrected chi connectivity index (χ1v) is 5.57. The van der Waals surface area contributed by atoms with Gasteiger partial charge in [0, 0.05) is 6.54 Å². The zero-order valence-electron chi connectivity index (χ0n) is 8.69. The molecule has 4 heteroatoms. The molecule has 0 spiro atoms. The summed E-state index contributed by atoms with van der Waals surface area (Å²) in [7, 11) is 0. The molecular formula is C12H11ClN2O. The smallest absolute Gasteiger partial charge is 0.256 e. The molecule has 2 rings (SSSR count). The summed E-state index contributed by atoms with van der Waals surface area (Å²) in [6.45, 7) is 0.641. The van der Waals surface area contributed by atoms with Crippen LogP contribution in [-0.2, 0) is 0 Å². The predicted octanol–water partition coefficient (Wildman–Crippen LogP) is 2.47. The molecule has 16 heavy (non-hydrogen) atoms. The highest BCUT2D eigenvalue weighted by Crippen LogP contribution is 2.23. The number of nitrogens with zero attached hydrogens (tertiary/aromatic N) is 2. The molecule has 0 bridgehead atoms. The molecule has 1 aliphatic heterocycles. The maximum absolute atomic E-state index is 12.1. The molecule has 1 fully saturated rings. The van der Waals surface area contributed by atoms with Gasteiger partial charge in [0.05, 0.1) is 16.7 Å². The number of likely N-dealkylation sites (tertiary alicyclic amines) is 1. The Hall–Kier alpha value is -1.53. The number of carbonyl (C=O) groups excluding carboxylic acids is 1. The zero-order chi connectivity index (χ0) is 11.5. The monoisotopic (exact) mass is 234 g/mol. The molecule has 1 aromatic rings. The van der Waals surface area contributed by atoms with E-state index in [4.69, 9.17) is 16.9 Å². The molecule has 0 aromatic heterocycles. The molecule has 0 saturated carbocycles. The van der Waals surface area contributed by atoms with Gasteiger partial charge in [-0.15, -0.1) is 0 Å². The van der Waals surface area contributed by atoms with Crippen LogP contribution in [0.5, 0.6) is 0 Å². The standard InChI is InChI=1S/C12H11ClN2O/c13-11-6-2-1-5-10(11)12(16)15-7-3-4-9(15)8-14/h1-2,5-6,9H,3-4,7H2. The molecule has 1 atom stereocenters. The summed E-state index contributed by atoms with van der Waals surface area (Å²) in [5, 5.41) is 9.37. The van der Waals surface area contributed by atoms with E-state index >= 15 is 0 Å². The van der Waals surface area contributed by atoms with E-state index in [0.717, 1.165) is 12.8 Å². The molecule has 1 aliphatic rings. The molecule has 0 radical (unpaired) electrons. The van der Waals surface area contributed by atoms with Crippen molar-refractivity contribution in [3.63, 3.8) is 0 Å². The summed E-state index contributed by atoms with van der Waals surface area (Å²) in [5.74, 6) is -0.144. The Morgan fingerprint density at radius 1 is 1.50 bits per heavy atom. The van der Waals surface area contributed by atoms with E-state index in [1.807, 2.05) is 0 Å². The van der Waals surface area contributed by atoms with Crippen molar-refractivity contribution in [3.05, 3.63) is 34.9 Å². The fourth-order valence-corrected chi connectivity index (χ4v) is 2.15. The highest BCUT2D eigenvalue weighted by atomic mass is 35.5. The number of carbonyl (C=O) groups is 1. The van der Waals surface area contributed by atoms with Gasteiger partial charge in [-0.2, -0.15) is 5.26 Å². The first-order valence-electron chi connectivity index (χ1n) is 5.19. The second-order valence-corrected chi connectivity index (χ2v) is 4.17. The Labute approximate surface area is 99.2 Å². The van der Waals surface area contributed by atoms with Gasteiger partial charge in [0.2, 0.25) is 0 Å². The lowest BCUT2D eigenvalue weighted by atomic mass is 10.2. The fourth-order valence-electron chi connectivity index (χ4n) is 1.93. The Morgan fingerprint density at radius 3 is 2.94 bits per heavy atom. The number of amides is 1. The molecule has 0 N–H and O–H groups in total. The second kappa shape index (κ2) is 4.54. The van der Waals surface area contributed by atoms with E-state index in [1.54, 1.807) is 29.2 Å². The number of nitriles is 1. The summed E-state index contributed by atoms with van der Waals surface area (Å²) in [5.41, 5.74) is 0.478. The lowest BCUT2D eigenvalue weighted by Crippen LogP contribution is -2.34. The predicted molar refractivity (Wildman–Crippen MR) is 61.1 cm³/mol. The van der Waals surface area contributed by atoms with E-state index < -0.39 is 0 Å². The van der Waals surface area contributed by atoms with E-state index in [9.17, 15) is 4.79 Å². The molecule has 0 aliphatic carbocycles. The lowest BCUT2D eigenvalue weighted by Gasteiger charge is -2.19. The third-order valence-electron chi connectivity index (χ3n) is 2.77. The Bertz CT molecular complexity index is 453.